The standard InChI is InChI=1S/3C2H6N.HI.Zr/c3*1-3-2;;/h3*1-2H3;1H;/q3*-1;;+4/p-1. The van der Waals surface area contributed by atoms with Crippen LogP contribution in [-0.4, -0.2) is 42.3 Å². The molecule has 0 atom stereocenters. The van der Waals surface area contributed by atoms with Gasteiger partial charge in [0, 0.05) is 0 Å². The van der Waals surface area contributed by atoms with E-state index in [1.54, 1.807) is 42.3 Å². The molecule has 0 aliphatic carbocycles. The molecule has 0 aromatic heterocycles. The SMILES string of the molecule is C[N-]C.C[N-]C.C[N-]C.[I-].[Zr+4]. The quantitative estimate of drug-likeness (QED) is 0.496. The second-order valence-electron chi connectivity index (χ2n) is 1.34. The summed E-state index contributed by atoms with van der Waals surface area (Å²) >= 11 is 0. The van der Waals surface area contributed by atoms with Crippen molar-refractivity contribution in [3.8, 4) is 0 Å². The van der Waals surface area contributed by atoms with E-state index in [9.17, 15) is 0 Å². The second kappa shape index (κ2) is 62.7. The molecule has 0 aromatic rings. The van der Waals surface area contributed by atoms with Crippen molar-refractivity contribution in [3.63, 3.8) is 0 Å². The Morgan fingerprint density at radius 1 is 0.545 bits per heavy atom. The third kappa shape index (κ3) is 465. The van der Waals surface area contributed by atoms with Gasteiger partial charge in [-0.3, -0.25) is 0 Å². The van der Waals surface area contributed by atoms with Crippen LogP contribution in [0.5, 0.6) is 0 Å². The summed E-state index contributed by atoms with van der Waals surface area (Å²) < 4.78 is 0. The Kier molecular flexibility index (Phi) is 167. The van der Waals surface area contributed by atoms with Crippen LogP contribution in [0.2, 0.25) is 0 Å². The predicted molar refractivity (Wildman–Crippen MR) is 45.6 cm³/mol. The molecule has 0 saturated carbocycles. The average molecular weight is 350 g/mol. The Morgan fingerprint density at radius 3 is 0.545 bits per heavy atom. The van der Waals surface area contributed by atoms with Gasteiger partial charge in [0.2, 0.25) is 0 Å². The molecule has 0 unspecified atom stereocenters. The molecule has 68 valence electrons. The van der Waals surface area contributed by atoms with E-state index in [0.717, 1.165) is 0 Å². The smallest absolute Gasteiger partial charge is 1.00 e. The van der Waals surface area contributed by atoms with Gasteiger partial charge in [0.25, 0.3) is 0 Å². The normalized spacial score (nSPS) is 4.91. The maximum atomic E-state index is 3.50. The molecule has 5 heteroatoms. The van der Waals surface area contributed by atoms with Gasteiger partial charge in [-0.2, -0.15) is 42.3 Å². The van der Waals surface area contributed by atoms with Gasteiger partial charge < -0.3 is 39.9 Å². The summed E-state index contributed by atoms with van der Waals surface area (Å²) in [6, 6.07) is 0. The molecule has 0 rings (SSSR count). The van der Waals surface area contributed by atoms with Gasteiger partial charge in [0.05, 0.1) is 0 Å². The molecular weight excluding hydrogens is 332 g/mol. The Morgan fingerprint density at radius 2 is 0.545 bits per heavy atom. The van der Waals surface area contributed by atoms with Crippen LogP contribution in [0.1, 0.15) is 0 Å². The molecule has 0 bridgehead atoms. The fraction of sp³-hybridized carbons (Fsp3) is 1.00. The minimum Gasteiger partial charge on any atom is -1.00 e. The van der Waals surface area contributed by atoms with Gasteiger partial charge in [-0.1, -0.05) is 0 Å². The summed E-state index contributed by atoms with van der Waals surface area (Å²) in [6.07, 6.45) is 0. The third-order valence-electron chi connectivity index (χ3n) is 0. The average Bonchev–Trinajstić information content (AvgIpc) is 1.70. The van der Waals surface area contributed by atoms with Crippen LogP contribution in [0, 0.1) is 0 Å². The first-order valence-corrected chi connectivity index (χ1v) is 2.68. The zero-order valence-corrected chi connectivity index (χ0v) is 12.8. The minimum absolute atomic E-state index is 0. The molecule has 3 nitrogen and oxygen atoms in total. The van der Waals surface area contributed by atoms with E-state index < -0.39 is 0 Å². The predicted octanol–water partition coefficient (Wildman–Crippen LogP) is -1.14. The van der Waals surface area contributed by atoms with E-state index in [0.29, 0.717) is 0 Å². The Labute approximate surface area is 108 Å². The topological polar surface area (TPSA) is 42.3 Å². The van der Waals surface area contributed by atoms with Crippen LogP contribution in [0.4, 0.5) is 0 Å². The number of halogens is 1. The molecule has 0 spiro atoms. The second-order valence-corrected chi connectivity index (χ2v) is 1.34. The molecule has 0 aromatic carbocycles. The van der Waals surface area contributed by atoms with Gasteiger partial charge in [-0.15, -0.1) is 0 Å². The zero-order chi connectivity index (χ0) is 8.12. The fourth-order valence-corrected chi connectivity index (χ4v) is 0. The Hall–Kier alpha value is 1.49. The van der Waals surface area contributed by atoms with Gasteiger partial charge in [0.1, 0.15) is 0 Å². The summed E-state index contributed by atoms with van der Waals surface area (Å²) in [6.45, 7) is 0. The first kappa shape index (κ1) is 29.4. The van der Waals surface area contributed by atoms with E-state index in [2.05, 4.69) is 16.0 Å². The van der Waals surface area contributed by atoms with Crippen LogP contribution in [0.3, 0.4) is 0 Å². The maximum Gasteiger partial charge on any atom is 4.00 e. The van der Waals surface area contributed by atoms with E-state index in [4.69, 9.17) is 0 Å². The van der Waals surface area contributed by atoms with Crippen LogP contribution in [0.15, 0.2) is 0 Å². The van der Waals surface area contributed by atoms with Crippen molar-refractivity contribution in [2.45, 2.75) is 0 Å². The largest absolute Gasteiger partial charge is 4.00 e. The number of hydrogen-bond acceptors (Lipinski definition) is 0. The number of rotatable bonds is 0. The first-order chi connectivity index (χ1) is 4.24. The van der Waals surface area contributed by atoms with Crippen molar-refractivity contribution in [1.29, 1.82) is 0 Å². The molecule has 0 aliphatic heterocycles. The Balaban J connectivity index is -0.0000000150. The molecular formula is C6H18IN3Zr. The van der Waals surface area contributed by atoms with E-state index in [1.165, 1.54) is 0 Å². The molecule has 0 radical (unpaired) electrons. The monoisotopic (exact) mass is 349 g/mol. The van der Waals surface area contributed by atoms with E-state index in [1.807, 2.05) is 0 Å². The molecule has 11 heavy (non-hydrogen) atoms. The van der Waals surface area contributed by atoms with Crippen molar-refractivity contribution in [2.75, 3.05) is 42.3 Å². The molecule has 0 saturated heterocycles. The zero-order valence-electron chi connectivity index (χ0n) is 8.22. The molecule has 0 aliphatic rings. The van der Waals surface area contributed by atoms with Crippen LogP contribution >= 0.6 is 0 Å². The van der Waals surface area contributed by atoms with Crippen molar-refractivity contribution in [3.05, 3.63) is 16.0 Å². The Bertz CT molecular complexity index is 22.5. The van der Waals surface area contributed by atoms with Crippen LogP contribution in [-0.2, 0) is 26.2 Å². The molecule has 0 N–H and O–H groups in total. The minimum atomic E-state index is 0. The first-order valence-electron chi connectivity index (χ1n) is 2.68. The van der Waals surface area contributed by atoms with Crippen molar-refractivity contribution in [1.82, 2.24) is 0 Å². The van der Waals surface area contributed by atoms with Crippen molar-refractivity contribution < 1.29 is 50.2 Å². The van der Waals surface area contributed by atoms with Crippen LogP contribution < -0.4 is 24.0 Å². The summed E-state index contributed by atoms with van der Waals surface area (Å²) in [5.74, 6) is 0. The maximum absolute atomic E-state index is 3.50. The van der Waals surface area contributed by atoms with E-state index in [-0.39, 0.29) is 50.2 Å². The van der Waals surface area contributed by atoms with Crippen molar-refractivity contribution in [2.24, 2.45) is 0 Å². The van der Waals surface area contributed by atoms with Gasteiger partial charge in [0.15, 0.2) is 0 Å². The van der Waals surface area contributed by atoms with E-state index >= 15 is 0 Å². The third-order valence-corrected chi connectivity index (χ3v) is 0. The summed E-state index contributed by atoms with van der Waals surface area (Å²) in [5.41, 5.74) is 0. The summed E-state index contributed by atoms with van der Waals surface area (Å²) in [4.78, 5) is 0. The van der Waals surface area contributed by atoms with Gasteiger partial charge >= 0.3 is 26.2 Å². The summed E-state index contributed by atoms with van der Waals surface area (Å²) in [7, 11) is 10.5. The molecule has 0 fully saturated rings. The van der Waals surface area contributed by atoms with Gasteiger partial charge in [-0.25, -0.2) is 0 Å². The molecule has 0 amide bonds. The van der Waals surface area contributed by atoms with Crippen molar-refractivity contribution >= 4 is 0 Å². The number of hydrogen-bond donors (Lipinski definition) is 0. The van der Waals surface area contributed by atoms with Crippen LogP contribution in [0.25, 0.3) is 16.0 Å². The summed E-state index contributed by atoms with van der Waals surface area (Å²) in [5, 5.41) is 10.5. The fourth-order valence-electron chi connectivity index (χ4n) is 0. The van der Waals surface area contributed by atoms with Gasteiger partial charge in [-0.05, 0) is 0 Å². The molecule has 0 heterocycles. The number of nitrogens with zero attached hydrogens (tertiary/aromatic N) is 3.